The zero-order chi connectivity index (χ0) is 68.3. The van der Waals surface area contributed by atoms with E-state index in [-0.39, 0.29) is 66.3 Å². The summed E-state index contributed by atoms with van der Waals surface area (Å²) >= 11 is 0. The number of rotatable bonds is 25. The number of hydrogen-bond acceptors (Lipinski definition) is 20. The lowest BCUT2D eigenvalue weighted by Crippen LogP contribution is -2.50. The molecule has 3 aliphatic heterocycles. The Morgan fingerprint density at radius 2 is 1.35 bits per heavy atom. The molecule has 18 nitrogen and oxygen atoms in total. The standard InChI is InChI=1S/C35H50N4O7S2.C13H20N2O2S2.C8H12N2S2.C2HF3O.2C2H6/c1-23(9-12-27-20-35(22-43-35)21-28(46-27)19-31(36)40)10-13-30-24(2)18-29(26(4)45-30)38-32(41)14-11-25(3)44-34(42)39(5)16-17-47-48-33-8-6-7-15-37-33;1-13(2,3)17-12(16)15(4)9-10-18-19-11-7-5-6-8-14-11;1-9-6-7-11-12-8-4-2-3-5-10-8;3-2(4,5)1-6;2*1-2/h6-12,14-15,24-30H,13,16-22H2,1-5H3,(H2,36,40)(H,38,41);5-8H,9-10H2,1-4H3;2-5,9H,6-7H2,1H3;1H;2*1-2H3/b12-9+,14-11-,23-10+;;;;;/t24-,25-,26+,27+,28+,29+,30-,35+;;;;;/m0...../s1/i;;;;2*1D. The summed E-state index contributed by atoms with van der Waals surface area (Å²) in [7, 11) is 15.4. The molecule has 3 saturated heterocycles. The van der Waals surface area contributed by atoms with Crippen molar-refractivity contribution in [1.29, 1.82) is 0 Å². The van der Waals surface area contributed by atoms with Crippen molar-refractivity contribution in [2.24, 2.45) is 11.7 Å². The summed E-state index contributed by atoms with van der Waals surface area (Å²) in [6, 6.07) is 17.4. The number of epoxide rings is 1. The quantitative estimate of drug-likeness (QED) is 0.0179. The van der Waals surface area contributed by atoms with Crippen LogP contribution in [-0.2, 0) is 38.1 Å². The molecule has 6 rings (SSSR count). The average Bonchev–Trinajstić information content (AvgIpc) is 1.67. The number of nitrogens with two attached hydrogens (primary N) is 1. The maximum atomic E-state index is 12.7. The molecule has 3 aromatic rings. The number of nitrogens with zero attached hydrogens (tertiary/aromatic N) is 5. The van der Waals surface area contributed by atoms with Crippen LogP contribution in [0.5, 0.6) is 0 Å². The molecule has 0 unspecified atom stereocenters. The summed E-state index contributed by atoms with van der Waals surface area (Å²) in [6.45, 7) is 21.0. The molecule has 3 fully saturated rings. The van der Waals surface area contributed by atoms with Crippen LogP contribution in [0, 0.1) is 5.92 Å². The number of pyridine rings is 3. The minimum Gasteiger partial charge on any atom is -0.444 e. The number of amides is 4. The van der Waals surface area contributed by atoms with E-state index < -0.39 is 30.3 Å². The zero-order valence-corrected chi connectivity index (χ0v) is 58.2. The Labute approximate surface area is 553 Å². The summed E-state index contributed by atoms with van der Waals surface area (Å²) in [5, 5.41) is 9.14. The van der Waals surface area contributed by atoms with E-state index in [0.717, 1.165) is 63.7 Å². The maximum absolute atomic E-state index is 12.7. The molecule has 89 heavy (non-hydrogen) atoms. The molecule has 3 aromatic heterocycles. The topological polar surface area (TPSA) is 230 Å². The number of halogens is 3. The Morgan fingerprint density at radius 3 is 1.80 bits per heavy atom. The van der Waals surface area contributed by atoms with Crippen LogP contribution >= 0.6 is 64.8 Å². The lowest BCUT2D eigenvalue weighted by molar-refractivity contribution is -0.156. The number of allylic oxidation sites excluding steroid dienone is 2. The van der Waals surface area contributed by atoms with Gasteiger partial charge in [-0.05, 0) is 142 Å². The van der Waals surface area contributed by atoms with Gasteiger partial charge in [0.05, 0.1) is 49.1 Å². The number of aromatic nitrogens is 3. The van der Waals surface area contributed by atoms with Crippen molar-refractivity contribution in [3.8, 4) is 0 Å². The van der Waals surface area contributed by atoms with Crippen LogP contribution in [0.4, 0.5) is 22.8 Å². The number of nitrogens with one attached hydrogen (secondary N) is 2. The Morgan fingerprint density at radius 1 is 0.843 bits per heavy atom. The van der Waals surface area contributed by atoms with E-state index in [1.54, 1.807) is 112 Å². The molecular weight excluding hydrogens is 1270 g/mol. The number of alkyl halides is 3. The molecule has 0 radical (unpaired) electrons. The van der Waals surface area contributed by atoms with Gasteiger partial charge in [0.25, 0.3) is 0 Å². The number of carbonyl (C=O) groups is 5. The van der Waals surface area contributed by atoms with Gasteiger partial charge >= 0.3 is 18.4 Å². The highest BCUT2D eigenvalue weighted by atomic mass is 33.1. The fraction of sp³-hybridized carbons (Fsp3) is 0.581. The summed E-state index contributed by atoms with van der Waals surface area (Å²) in [4.78, 5) is 72.8. The van der Waals surface area contributed by atoms with Crippen molar-refractivity contribution in [1.82, 2.24) is 35.4 Å². The molecule has 8 atom stereocenters. The molecule has 0 aliphatic carbocycles. The van der Waals surface area contributed by atoms with Crippen molar-refractivity contribution in [3.63, 3.8) is 0 Å². The second kappa shape index (κ2) is 46.6. The predicted octanol–water partition coefficient (Wildman–Crippen LogP) is 13.7. The zero-order valence-electron chi connectivity index (χ0n) is 55.3. The van der Waals surface area contributed by atoms with Crippen LogP contribution < -0.4 is 16.4 Å². The van der Waals surface area contributed by atoms with Gasteiger partial charge in [-0.3, -0.25) is 14.4 Å². The number of ether oxygens (including phenoxy) is 5. The Kier molecular flexibility index (Phi) is 41.2. The molecule has 0 bridgehead atoms. The first-order valence-electron chi connectivity index (χ1n) is 30.3. The van der Waals surface area contributed by atoms with Crippen molar-refractivity contribution in [2.45, 2.75) is 177 Å². The molecule has 6 heterocycles. The van der Waals surface area contributed by atoms with Crippen molar-refractivity contribution in [3.05, 3.63) is 109 Å². The van der Waals surface area contributed by atoms with Crippen molar-refractivity contribution in [2.75, 3.05) is 64.6 Å². The second-order valence-corrected chi connectivity index (χ2v) is 28.2. The Bertz CT molecular complexity index is 2580. The van der Waals surface area contributed by atoms with Crippen LogP contribution in [-0.4, -0.2) is 174 Å². The van der Waals surface area contributed by atoms with E-state index in [4.69, 9.17) is 37.0 Å². The molecule has 3 aliphatic rings. The van der Waals surface area contributed by atoms with E-state index in [1.807, 2.05) is 112 Å². The summed E-state index contributed by atoms with van der Waals surface area (Å²) < 4.78 is 72.5. The largest absolute Gasteiger partial charge is 0.446 e. The second-order valence-electron chi connectivity index (χ2n) is 20.9. The smallest absolute Gasteiger partial charge is 0.444 e. The molecular formula is C62H95F3N8O10S6. The van der Waals surface area contributed by atoms with E-state index in [2.05, 4.69) is 51.6 Å². The minimum absolute atomic E-state index is 0.0319. The lowest BCUT2D eigenvalue weighted by Gasteiger charge is -2.39. The minimum atomic E-state index is -4.64. The van der Waals surface area contributed by atoms with E-state index in [0.29, 0.717) is 39.9 Å². The van der Waals surface area contributed by atoms with Crippen molar-refractivity contribution < 1.29 is 63.6 Å². The predicted molar refractivity (Wildman–Crippen MR) is 361 cm³/mol. The number of carbonyl (C=O) groups excluding carboxylic acids is 5. The Hall–Kier alpha value is -4.45. The van der Waals surface area contributed by atoms with Crippen LogP contribution in [0.3, 0.4) is 0 Å². The van der Waals surface area contributed by atoms with Gasteiger partial charge in [-0.15, -0.1) is 0 Å². The average molecular weight is 1360 g/mol. The van der Waals surface area contributed by atoms with Crippen LogP contribution in [0.2, 0.25) is 0 Å². The summed E-state index contributed by atoms with van der Waals surface area (Å²) in [5.41, 5.74) is 5.88. The third-order valence-electron chi connectivity index (χ3n) is 12.1. The first kappa shape index (κ1) is 78.8. The molecule has 4 N–H and O–H groups in total. The van der Waals surface area contributed by atoms with E-state index in [9.17, 15) is 32.3 Å². The summed E-state index contributed by atoms with van der Waals surface area (Å²) in [5.74, 6) is 2.29. The molecule has 500 valence electrons. The third kappa shape index (κ3) is 40.2. The highest BCUT2D eigenvalue weighted by Gasteiger charge is 2.51. The maximum Gasteiger partial charge on any atom is 0.446 e. The molecule has 1 spiro atoms. The van der Waals surface area contributed by atoms with Crippen LogP contribution in [0.15, 0.2) is 124 Å². The van der Waals surface area contributed by atoms with Gasteiger partial charge in [0, 0.05) is 91.2 Å². The number of primary amides is 1. The van der Waals surface area contributed by atoms with Gasteiger partial charge < -0.3 is 49.9 Å². The highest BCUT2D eigenvalue weighted by molar-refractivity contribution is 8.77. The van der Waals surface area contributed by atoms with Gasteiger partial charge in [-0.25, -0.2) is 24.5 Å². The van der Waals surface area contributed by atoms with Gasteiger partial charge in [-0.1, -0.05) is 109 Å². The summed E-state index contributed by atoms with van der Waals surface area (Å²) in [6.07, 6.45) is 10.4. The molecule has 0 saturated carbocycles. The monoisotopic (exact) mass is 1360 g/mol. The first-order valence-corrected chi connectivity index (χ1v) is 35.9. The number of aldehydes is 1. The van der Waals surface area contributed by atoms with Gasteiger partial charge in [0.15, 0.2) is 0 Å². The Balaban J connectivity index is 0.000000776. The lowest BCUT2D eigenvalue weighted by atomic mass is 9.88. The van der Waals surface area contributed by atoms with Gasteiger partial charge in [0.2, 0.25) is 18.1 Å². The first-order chi connectivity index (χ1) is 43.1. The molecule has 27 heteroatoms. The molecule has 0 aromatic carbocycles. The third-order valence-corrected chi connectivity index (χ3v) is 18.8. The van der Waals surface area contributed by atoms with Gasteiger partial charge in [0.1, 0.15) is 26.8 Å². The SMILES string of the molecule is CC(/C=C/[C@@H]1C[C@]2(CO2)C[C@@H](CC(N)=O)O1)=C\C[C@@H]1O[C@H](C)[C@H](NC(=O)/C=C\[C@H](C)OC(=O)N(C)CCSSc2ccccn2)C[C@@H]1C.CN(CCSSc1ccccn1)C(=O)OC(C)(C)C.CNCCSSc1ccccn1.O=CC(F)(F)F.[2H]CC.[2H]CC. The highest BCUT2D eigenvalue weighted by Crippen LogP contribution is 2.43. The number of hydrogen-bond donors (Lipinski definition) is 3. The fourth-order valence-electron chi connectivity index (χ4n) is 7.60. The van der Waals surface area contributed by atoms with Crippen LogP contribution in [0.1, 0.15) is 111 Å². The van der Waals surface area contributed by atoms with E-state index in [1.165, 1.54) is 11.0 Å². The van der Waals surface area contributed by atoms with Gasteiger partial charge in [-0.2, -0.15) is 13.2 Å². The normalized spacial score (nSPS) is 20.9. The van der Waals surface area contributed by atoms with Crippen LogP contribution in [0.25, 0.3) is 0 Å². The molecule has 4 amide bonds. The van der Waals surface area contributed by atoms with Crippen molar-refractivity contribution >= 4 is 95.1 Å². The fourth-order valence-corrected chi connectivity index (χ4v) is 13.3. The van der Waals surface area contributed by atoms with E-state index >= 15 is 0 Å².